The average Bonchev–Trinajstić information content (AvgIpc) is 3.98. The number of nitrogens with two attached hydrogens (primary N) is 6. The summed E-state index contributed by atoms with van der Waals surface area (Å²) in [5.74, 6) is -12.1. The van der Waals surface area contributed by atoms with E-state index in [0.29, 0.717) is 18.4 Å². The fourth-order valence-electron chi connectivity index (χ4n) is 8.29. The Bertz CT molecular complexity index is 2530. The Balaban J connectivity index is 2.57. The lowest BCUT2D eigenvalue weighted by atomic mass is 9.96. The van der Waals surface area contributed by atoms with Gasteiger partial charge in [0.15, 0.2) is 17.9 Å². The topological polar surface area (TPSA) is 575 Å². The molecule has 0 aliphatic rings. The molecule has 82 heavy (non-hydrogen) atoms. The van der Waals surface area contributed by atoms with Crippen LogP contribution in [0, 0.1) is 22.1 Å². The summed E-state index contributed by atoms with van der Waals surface area (Å²) >= 11 is 0. The molecule has 32 nitrogen and oxygen atoms in total. The van der Waals surface area contributed by atoms with E-state index in [-0.39, 0.29) is 102 Å². The van der Waals surface area contributed by atoms with Gasteiger partial charge in [-0.25, -0.2) is 4.79 Å². The van der Waals surface area contributed by atoms with E-state index < -0.39 is 133 Å². The number of carbonyl (C=O) groups excluding carboxylic acids is 8. The number of aliphatic carboxylic acids is 2. The van der Waals surface area contributed by atoms with Crippen LogP contribution in [0.3, 0.4) is 0 Å². The summed E-state index contributed by atoms with van der Waals surface area (Å²) in [6, 6.07) is -4.42. The van der Waals surface area contributed by atoms with Crippen molar-refractivity contribution < 1.29 is 58.2 Å². The summed E-state index contributed by atoms with van der Waals surface area (Å²) < 4.78 is 0. The van der Waals surface area contributed by atoms with Crippen LogP contribution in [0.2, 0.25) is 0 Å². The van der Waals surface area contributed by atoms with E-state index in [1.54, 1.807) is 26.1 Å². The molecule has 0 bridgehead atoms. The molecule has 0 spiro atoms. The number of nitrogens with one attached hydrogen (secondary N) is 14. The number of carbonyl (C=O) groups is 10. The molecule has 0 unspecified atom stereocenters. The molecule has 0 aliphatic carbocycles. The predicted octanol–water partition coefficient (Wildman–Crippen LogP) is -4.78. The van der Waals surface area contributed by atoms with Crippen molar-refractivity contribution in [2.45, 2.75) is 152 Å². The zero-order valence-electron chi connectivity index (χ0n) is 46.3. The first kappa shape index (κ1) is 69.3. The van der Waals surface area contributed by atoms with Gasteiger partial charge in [0.1, 0.15) is 42.3 Å². The third-order valence-electron chi connectivity index (χ3n) is 13.0. The van der Waals surface area contributed by atoms with Crippen LogP contribution in [0.4, 0.5) is 0 Å². The Hall–Kier alpha value is -8.81. The molecule has 456 valence electrons. The first-order chi connectivity index (χ1) is 38.8. The SMILES string of the molecule is CC[C@H](C)[C@H](NC(=O)[C@H](CCCCN)NC(=O)[C@H](CCCNC(=N)N)NC(=O)[C@H](CCCNC(=N)N)NC(=O)[C@H](Cc1c[nH]c2ccccc12)NC(=O)[C@@H](N)CCCNC(=N)N)C(=O)N[C@@H](CCC(=O)O)C(=O)N[C@@H](CC(N)=O)C(=O)O. The highest BCUT2D eigenvalue weighted by Gasteiger charge is 2.36. The van der Waals surface area contributed by atoms with E-state index >= 15 is 0 Å². The van der Waals surface area contributed by atoms with Gasteiger partial charge in [0.05, 0.1) is 12.5 Å². The molecule has 2 aromatic rings. The molecule has 28 N–H and O–H groups in total. The highest BCUT2D eigenvalue weighted by Crippen LogP contribution is 2.20. The van der Waals surface area contributed by atoms with E-state index in [0.717, 1.165) is 10.9 Å². The number of primary amides is 1. The Labute approximate surface area is 473 Å². The number of rotatable bonds is 40. The summed E-state index contributed by atoms with van der Waals surface area (Å²) in [7, 11) is 0. The van der Waals surface area contributed by atoms with Crippen molar-refractivity contribution in [2.75, 3.05) is 26.2 Å². The second kappa shape index (κ2) is 36.4. The van der Waals surface area contributed by atoms with Crippen molar-refractivity contribution in [1.29, 1.82) is 16.2 Å². The fraction of sp³-hybridized carbons (Fsp3) is 0.580. The van der Waals surface area contributed by atoms with Gasteiger partial charge in [-0.3, -0.25) is 59.4 Å². The number of para-hydroxylation sites is 1. The average molecular weight is 1160 g/mol. The van der Waals surface area contributed by atoms with Gasteiger partial charge in [0.25, 0.3) is 0 Å². The zero-order valence-corrected chi connectivity index (χ0v) is 46.3. The lowest BCUT2D eigenvalue weighted by Crippen LogP contribution is -2.61. The van der Waals surface area contributed by atoms with E-state index in [4.69, 9.17) is 50.6 Å². The summed E-state index contributed by atoms with van der Waals surface area (Å²) in [5, 5.41) is 68.1. The molecule has 1 aromatic heterocycles. The number of aromatic amines is 1. The Morgan fingerprint density at radius 1 is 0.561 bits per heavy atom. The van der Waals surface area contributed by atoms with E-state index in [1.165, 1.54) is 0 Å². The fourth-order valence-corrected chi connectivity index (χ4v) is 8.29. The molecular formula is C50H84N20O12. The minimum absolute atomic E-state index is 0.0517. The van der Waals surface area contributed by atoms with Crippen LogP contribution in [0.1, 0.15) is 103 Å². The summed E-state index contributed by atoms with van der Waals surface area (Å²) in [6.45, 7) is 3.85. The lowest BCUT2D eigenvalue weighted by Gasteiger charge is -2.29. The second-order valence-electron chi connectivity index (χ2n) is 19.6. The molecule has 1 heterocycles. The maximum absolute atomic E-state index is 14.6. The number of hydrogen-bond donors (Lipinski definition) is 22. The van der Waals surface area contributed by atoms with Crippen molar-refractivity contribution in [2.24, 2.45) is 40.3 Å². The number of unbranched alkanes of at least 4 members (excludes halogenated alkanes) is 1. The maximum atomic E-state index is 14.6. The van der Waals surface area contributed by atoms with Crippen LogP contribution in [0.25, 0.3) is 10.9 Å². The van der Waals surface area contributed by atoms with Crippen molar-refractivity contribution in [3.63, 3.8) is 0 Å². The van der Waals surface area contributed by atoms with Gasteiger partial charge in [0, 0.05) is 49.6 Å². The first-order valence-electron chi connectivity index (χ1n) is 26.9. The van der Waals surface area contributed by atoms with Gasteiger partial charge < -0.3 is 103 Å². The third kappa shape index (κ3) is 26.0. The number of carboxylic acids is 2. The maximum Gasteiger partial charge on any atom is 0.326 e. The number of aromatic nitrogens is 1. The Morgan fingerprint density at radius 2 is 1.00 bits per heavy atom. The summed E-state index contributed by atoms with van der Waals surface area (Å²) in [5.41, 5.74) is 34.9. The molecule has 0 radical (unpaired) electrons. The van der Waals surface area contributed by atoms with Crippen LogP contribution in [-0.4, -0.2) is 167 Å². The van der Waals surface area contributed by atoms with E-state index in [1.807, 2.05) is 18.2 Å². The predicted molar refractivity (Wildman–Crippen MR) is 302 cm³/mol. The number of H-pyrrole nitrogens is 1. The minimum atomic E-state index is -1.83. The Morgan fingerprint density at radius 3 is 1.48 bits per heavy atom. The second-order valence-corrected chi connectivity index (χ2v) is 19.6. The number of benzene rings is 1. The molecule has 1 aromatic carbocycles. The zero-order chi connectivity index (χ0) is 61.5. The van der Waals surface area contributed by atoms with Crippen molar-refractivity contribution >= 4 is 88.0 Å². The molecular weight excluding hydrogens is 1070 g/mol. The molecule has 8 amide bonds. The van der Waals surface area contributed by atoms with Crippen molar-refractivity contribution in [3.8, 4) is 0 Å². The lowest BCUT2D eigenvalue weighted by molar-refractivity contribution is -0.144. The van der Waals surface area contributed by atoms with Crippen LogP contribution in [0.5, 0.6) is 0 Å². The summed E-state index contributed by atoms with van der Waals surface area (Å²) in [4.78, 5) is 137. The van der Waals surface area contributed by atoms with E-state index in [9.17, 15) is 58.2 Å². The normalized spacial score (nSPS) is 14.2. The molecule has 32 heteroatoms. The largest absolute Gasteiger partial charge is 0.481 e. The van der Waals surface area contributed by atoms with Crippen LogP contribution in [0.15, 0.2) is 30.5 Å². The molecule has 0 saturated heterocycles. The highest BCUT2D eigenvalue weighted by atomic mass is 16.4. The smallest absolute Gasteiger partial charge is 0.326 e. The van der Waals surface area contributed by atoms with Gasteiger partial charge in [-0.15, -0.1) is 0 Å². The molecule has 2 rings (SSSR count). The molecule has 0 saturated carbocycles. The van der Waals surface area contributed by atoms with Gasteiger partial charge in [-0.05, 0) is 88.3 Å². The minimum Gasteiger partial charge on any atom is -0.481 e. The van der Waals surface area contributed by atoms with Crippen molar-refractivity contribution in [1.82, 2.24) is 58.2 Å². The quantitative estimate of drug-likeness (QED) is 0.0169. The molecule has 0 fully saturated rings. The monoisotopic (exact) mass is 1160 g/mol. The van der Waals surface area contributed by atoms with Gasteiger partial charge >= 0.3 is 11.9 Å². The summed E-state index contributed by atoms with van der Waals surface area (Å²) in [6.07, 6.45) is 0.899. The number of guanidine groups is 3. The van der Waals surface area contributed by atoms with Crippen LogP contribution >= 0.6 is 0 Å². The first-order valence-corrected chi connectivity index (χ1v) is 26.9. The standard InChI is InChI=1S/C50H84N20O12/c1-3-26(2)39(46(80)67-34(17-18-38(72)73)43(77)69-36(47(81)82)24-37(53)71)70-44(78)31(14-6-7-19-51)64-41(75)32(15-9-21-61-49(56)57)65-42(76)33(16-10-22-62-50(58)59)66-45(79)35(23-27-25-63-30-13-5-4-11-28(27)30)68-40(74)29(52)12-8-20-60-48(54)55/h4-5,11,13,25-26,29,31-36,39,63H,3,6-10,12,14-24,51-52H2,1-2H3,(H2,53,71)(H,64,75)(H,65,76)(H,66,79)(H,67,80)(H,68,74)(H,69,77)(H,70,78)(H,72,73)(H,81,82)(H4,54,55,60)(H4,56,57,61)(H4,58,59,62)/t26-,29-,31-,32-,33-,34-,35-,36-,39-/m0/s1. The molecule has 9 atom stereocenters. The van der Waals surface area contributed by atoms with Crippen molar-refractivity contribution in [3.05, 3.63) is 36.0 Å². The Kier molecular flexibility index (Phi) is 30.8. The van der Waals surface area contributed by atoms with Gasteiger partial charge in [0.2, 0.25) is 47.3 Å². The highest BCUT2D eigenvalue weighted by molar-refractivity contribution is 5.98. The van der Waals surface area contributed by atoms with Gasteiger partial charge in [-0.2, -0.15) is 0 Å². The number of fused-ring (bicyclic) bond motifs is 1. The number of carboxylic acid groups (broad SMARTS) is 2. The van der Waals surface area contributed by atoms with Gasteiger partial charge in [-0.1, -0.05) is 38.5 Å². The number of amides is 8. The molecule has 0 aliphatic heterocycles. The van der Waals surface area contributed by atoms with Crippen LogP contribution < -0.4 is 87.6 Å². The van der Waals surface area contributed by atoms with E-state index in [2.05, 4.69) is 58.2 Å². The van der Waals surface area contributed by atoms with Crippen LogP contribution in [-0.2, 0) is 54.4 Å². The third-order valence-corrected chi connectivity index (χ3v) is 13.0. The number of hydrogen-bond acceptors (Lipinski definition) is 15.